The summed E-state index contributed by atoms with van der Waals surface area (Å²) in [5.41, 5.74) is 2.60. The molecule has 2 aromatic carbocycles. The van der Waals surface area contributed by atoms with E-state index in [0.29, 0.717) is 24.5 Å². The first-order valence-electron chi connectivity index (χ1n) is 9.73. The maximum Gasteiger partial charge on any atom is 0.139 e. The van der Waals surface area contributed by atoms with Gasteiger partial charge in [0.1, 0.15) is 17.4 Å². The number of ether oxygens (including phenoxy) is 1. The van der Waals surface area contributed by atoms with Gasteiger partial charge in [-0.1, -0.05) is 50.8 Å². The number of nitrogens with zero attached hydrogens (tertiary/aromatic N) is 1. The van der Waals surface area contributed by atoms with Crippen LogP contribution in [0.2, 0.25) is 0 Å². The zero-order valence-electron chi connectivity index (χ0n) is 17.2. The largest absolute Gasteiger partial charge is 0.494 e. The summed E-state index contributed by atoms with van der Waals surface area (Å²) in [7, 11) is 0. The van der Waals surface area contributed by atoms with Crippen LogP contribution in [0.3, 0.4) is 0 Å². The number of rotatable bonds is 5. The van der Waals surface area contributed by atoms with Gasteiger partial charge in [0.2, 0.25) is 0 Å². The van der Waals surface area contributed by atoms with Crippen LogP contribution in [0.25, 0.3) is 11.3 Å². The van der Waals surface area contributed by atoms with E-state index in [0.717, 1.165) is 15.6 Å². The van der Waals surface area contributed by atoms with Crippen LogP contribution in [0, 0.1) is 11.6 Å². The molecule has 0 saturated heterocycles. The molecular formula is C24H26BrF2NO. The van der Waals surface area contributed by atoms with Crippen LogP contribution >= 0.6 is 15.9 Å². The van der Waals surface area contributed by atoms with Crippen molar-refractivity contribution in [2.45, 2.75) is 27.7 Å². The summed E-state index contributed by atoms with van der Waals surface area (Å²) in [6.45, 7) is 12.6. The topological polar surface area (TPSA) is 12.5 Å². The number of benzene rings is 2. The highest BCUT2D eigenvalue weighted by Crippen LogP contribution is 2.42. The van der Waals surface area contributed by atoms with Crippen LogP contribution in [-0.2, 0) is 0 Å². The van der Waals surface area contributed by atoms with Crippen LogP contribution in [-0.4, -0.2) is 18.1 Å². The Hall–Kier alpha value is -2.40. The third kappa shape index (κ3) is 4.78. The molecule has 0 fully saturated rings. The second-order valence-corrected chi connectivity index (χ2v) is 6.86. The Labute approximate surface area is 180 Å². The molecule has 1 aliphatic rings. The van der Waals surface area contributed by atoms with Crippen LogP contribution in [0.5, 0.6) is 5.75 Å². The molecular weight excluding hydrogens is 436 g/mol. The van der Waals surface area contributed by atoms with Crippen molar-refractivity contribution >= 4 is 27.2 Å². The number of allylic oxidation sites excluding steroid dienone is 3. The zero-order valence-corrected chi connectivity index (χ0v) is 18.8. The van der Waals surface area contributed by atoms with Gasteiger partial charge in [-0.2, -0.15) is 0 Å². The Morgan fingerprint density at radius 1 is 1.03 bits per heavy atom. The van der Waals surface area contributed by atoms with Crippen molar-refractivity contribution in [3.8, 4) is 5.75 Å². The van der Waals surface area contributed by atoms with E-state index in [1.807, 2.05) is 62.1 Å². The van der Waals surface area contributed by atoms with Gasteiger partial charge in [0.15, 0.2) is 0 Å². The van der Waals surface area contributed by atoms with Crippen molar-refractivity contribution < 1.29 is 13.5 Å². The average Bonchev–Trinajstić information content (AvgIpc) is 2.72. The van der Waals surface area contributed by atoms with Crippen molar-refractivity contribution in [1.29, 1.82) is 0 Å². The van der Waals surface area contributed by atoms with Crippen LogP contribution in [0.15, 0.2) is 65.3 Å². The first-order valence-corrected chi connectivity index (χ1v) is 10.5. The predicted molar refractivity (Wildman–Crippen MR) is 121 cm³/mol. The van der Waals surface area contributed by atoms with Gasteiger partial charge in [-0.15, -0.1) is 0 Å². The smallest absolute Gasteiger partial charge is 0.139 e. The summed E-state index contributed by atoms with van der Waals surface area (Å²) in [4.78, 5) is 1.81. The van der Waals surface area contributed by atoms with Crippen molar-refractivity contribution in [2.24, 2.45) is 0 Å². The van der Waals surface area contributed by atoms with Gasteiger partial charge in [-0.05, 0) is 41.4 Å². The molecule has 0 aliphatic carbocycles. The average molecular weight is 462 g/mol. The fraction of sp³-hybridized carbons (Fsp3) is 0.250. The summed E-state index contributed by atoms with van der Waals surface area (Å²) in [6.07, 6.45) is 1.86. The molecule has 5 heteroatoms. The van der Waals surface area contributed by atoms with E-state index in [1.54, 1.807) is 6.92 Å². The lowest BCUT2D eigenvalue weighted by Crippen LogP contribution is -2.25. The van der Waals surface area contributed by atoms with Gasteiger partial charge in [0, 0.05) is 34.4 Å². The Kier molecular flexibility index (Phi) is 8.21. The standard InChI is InChI=1S/C22H20BrF2NO.C2H6/c1-4-26-14(3)18(23)13-17(15-9-7-6-8-10-15)22(26)21-19(24)11-16(27-5-2)12-20(21)25;1-2/h6-13H,3-5H2,1-2H3;1-2H3. The molecule has 0 unspecified atom stereocenters. The molecule has 1 aliphatic heterocycles. The molecule has 0 N–H and O–H groups in total. The van der Waals surface area contributed by atoms with Crippen LogP contribution in [0.1, 0.15) is 38.8 Å². The summed E-state index contributed by atoms with van der Waals surface area (Å²) < 4.78 is 36.0. The lowest BCUT2D eigenvalue weighted by Gasteiger charge is -2.34. The van der Waals surface area contributed by atoms with E-state index in [-0.39, 0.29) is 11.3 Å². The van der Waals surface area contributed by atoms with Crippen molar-refractivity contribution in [2.75, 3.05) is 13.2 Å². The molecule has 2 aromatic rings. The first-order chi connectivity index (χ1) is 14.0. The normalized spacial score (nSPS) is 13.7. The molecule has 0 saturated carbocycles. The molecule has 0 spiro atoms. The fourth-order valence-electron chi connectivity index (χ4n) is 3.17. The van der Waals surface area contributed by atoms with Gasteiger partial charge in [0.25, 0.3) is 0 Å². The Balaban J connectivity index is 0.00000145. The summed E-state index contributed by atoms with van der Waals surface area (Å²) in [5, 5.41) is 0. The molecule has 0 radical (unpaired) electrons. The number of likely N-dealkylation sites (N-methyl/N-ethyl adjacent to an activating group) is 1. The SMILES string of the molecule is C=C1C(Br)=CC(c2ccccc2)=C(c2c(F)cc(OCC)cc2F)N1CC.CC. The highest BCUT2D eigenvalue weighted by atomic mass is 79.9. The fourth-order valence-corrected chi connectivity index (χ4v) is 3.61. The lowest BCUT2D eigenvalue weighted by atomic mass is 9.94. The Morgan fingerprint density at radius 3 is 2.14 bits per heavy atom. The van der Waals surface area contributed by atoms with Crippen molar-refractivity contribution in [3.63, 3.8) is 0 Å². The minimum atomic E-state index is -0.667. The summed E-state index contributed by atoms with van der Waals surface area (Å²) in [6, 6.07) is 12.0. The predicted octanol–water partition coefficient (Wildman–Crippen LogP) is 7.39. The van der Waals surface area contributed by atoms with Crippen molar-refractivity contribution in [3.05, 3.63) is 88.1 Å². The molecule has 3 rings (SSSR count). The second kappa shape index (κ2) is 10.4. The van der Waals surface area contributed by atoms with E-state index < -0.39 is 11.6 Å². The molecule has 1 heterocycles. The highest BCUT2D eigenvalue weighted by molar-refractivity contribution is 9.12. The van der Waals surface area contributed by atoms with E-state index in [1.165, 1.54) is 12.1 Å². The third-order valence-corrected chi connectivity index (χ3v) is 5.05. The van der Waals surface area contributed by atoms with Gasteiger partial charge in [-0.3, -0.25) is 0 Å². The molecule has 2 nitrogen and oxygen atoms in total. The van der Waals surface area contributed by atoms with Gasteiger partial charge >= 0.3 is 0 Å². The van der Waals surface area contributed by atoms with E-state index in [9.17, 15) is 8.78 Å². The molecule has 154 valence electrons. The Morgan fingerprint density at radius 2 is 1.62 bits per heavy atom. The quantitative estimate of drug-likeness (QED) is 0.460. The van der Waals surface area contributed by atoms with E-state index in [2.05, 4.69) is 22.5 Å². The zero-order chi connectivity index (χ0) is 21.6. The number of halogens is 3. The minimum Gasteiger partial charge on any atom is -0.494 e. The maximum atomic E-state index is 15.0. The highest BCUT2D eigenvalue weighted by Gasteiger charge is 2.29. The molecule has 0 atom stereocenters. The van der Waals surface area contributed by atoms with Gasteiger partial charge in [-0.25, -0.2) is 8.78 Å². The third-order valence-electron chi connectivity index (χ3n) is 4.36. The van der Waals surface area contributed by atoms with Crippen molar-refractivity contribution in [1.82, 2.24) is 4.90 Å². The maximum absolute atomic E-state index is 15.0. The summed E-state index contributed by atoms with van der Waals surface area (Å²) in [5.74, 6) is -1.16. The molecule has 0 aromatic heterocycles. The number of hydrogen-bond donors (Lipinski definition) is 0. The van der Waals surface area contributed by atoms with E-state index >= 15 is 0 Å². The molecule has 0 bridgehead atoms. The second-order valence-electron chi connectivity index (χ2n) is 6.01. The van der Waals surface area contributed by atoms with Crippen LogP contribution in [0.4, 0.5) is 8.78 Å². The molecule has 29 heavy (non-hydrogen) atoms. The first kappa shape index (κ1) is 22.9. The summed E-state index contributed by atoms with van der Waals surface area (Å²) >= 11 is 3.52. The van der Waals surface area contributed by atoms with Gasteiger partial charge in [0.05, 0.1) is 17.9 Å². The van der Waals surface area contributed by atoms with E-state index in [4.69, 9.17) is 4.74 Å². The monoisotopic (exact) mass is 461 g/mol. The lowest BCUT2D eigenvalue weighted by molar-refractivity contribution is 0.335. The molecule has 0 amide bonds. The number of hydrogen-bond acceptors (Lipinski definition) is 2. The Bertz CT molecular complexity index is 912. The van der Waals surface area contributed by atoms with Gasteiger partial charge < -0.3 is 9.64 Å². The van der Waals surface area contributed by atoms with Crippen LogP contribution < -0.4 is 4.74 Å². The minimum absolute atomic E-state index is 0.0865.